The Bertz CT molecular complexity index is 1160. The quantitative estimate of drug-likeness (QED) is 0.228. The van der Waals surface area contributed by atoms with Gasteiger partial charge in [0, 0.05) is 24.7 Å². The summed E-state index contributed by atoms with van der Waals surface area (Å²) >= 11 is 0. The number of nitrogens with zero attached hydrogens (tertiary/aromatic N) is 1. The largest absolute Gasteiger partial charge is 0.573 e. The summed E-state index contributed by atoms with van der Waals surface area (Å²) in [5, 5.41) is 2.91. The van der Waals surface area contributed by atoms with E-state index in [-0.39, 0.29) is 24.1 Å². The van der Waals surface area contributed by atoms with E-state index in [0.29, 0.717) is 5.69 Å². The highest BCUT2D eigenvalue weighted by atomic mass is 19.4. The average Bonchev–Trinajstić information content (AvgIpc) is 2.80. The van der Waals surface area contributed by atoms with E-state index in [4.69, 9.17) is 0 Å². The van der Waals surface area contributed by atoms with Crippen molar-refractivity contribution in [1.82, 2.24) is 10.3 Å². The van der Waals surface area contributed by atoms with Crippen molar-refractivity contribution in [2.24, 2.45) is 0 Å². The lowest BCUT2D eigenvalue weighted by atomic mass is 9.78. The molecule has 0 radical (unpaired) electrons. The van der Waals surface area contributed by atoms with Crippen molar-refractivity contribution in [3.05, 3.63) is 95.3 Å². The van der Waals surface area contributed by atoms with Crippen molar-refractivity contribution in [2.75, 3.05) is 6.54 Å². The summed E-state index contributed by atoms with van der Waals surface area (Å²) in [5.41, 5.74) is -2.36. The Hall–Kier alpha value is -3.28. The molecule has 1 atom stereocenters. The molecule has 1 aromatic heterocycles. The maximum Gasteiger partial charge on any atom is 0.573 e. The van der Waals surface area contributed by atoms with E-state index in [1.54, 1.807) is 18.2 Å². The highest BCUT2D eigenvalue weighted by Crippen LogP contribution is 2.39. The third-order valence-corrected chi connectivity index (χ3v) is 5.48. The molecule has 2 aromatic carbocycles. The molecule has 3 rings (SSSR count). The summed E-state index contributed by atoms with van der Waals surface area (Å²) in [6, 6.07) is 13.4. The van der Waals surface area contributed by atoms with E-state index in [2.05, 4.69) is 15.0 Å². The van der Waals surface area contributed by atoms with Gasteiger partial charge in [-0.3, -0.25) is 4.98 Å². The number of hydrogen-bond donors (Lipinski definition) is 1. The first-order valence-electron chi connectivity index (χ1n) is 10.9. The van der Waals surface area contributed by atoms with Crippen LogP contribution in [0.5, 0.6) is 5.75 Å². The first kappa shape index (κ1) is 28.3. The molecule has 200 valence electrons. The van der Waals surface area contributed by atoms with Gasteiger partial charge in [0.25, 0.3) is 0 Å². The highest BCUT2D eigenvalue weighted by Gasteiger charge is 2.39. The van der Waals surface area contributed by atoms with Gasteiger partial charge < -0.3 is 10.1 Å². The predicted octanol–water partition coefficient (Wildman–Crippen LogP) is 7.42. The van der Waals surface area contributed by atoms with Crippen molar-refractivity contribution in [3.63, 3.8) is 0 Å². The molecule has 0 spiro atoms. The summed E-state index contributed by atoms with van der Waals surface area (Å²) in [4.78, 5) is 4.18. The van der Waals surface area contributed by atoms with Crippen LogP contribution in [0.1, 0.15) is 35.2 Å². The molecule has 0 saturated carbocycles. The van der Waals surface area contributed by atoms with Crippen LogP contribution in [-0.2, 0) is 18.1 Å². The van der Waals surface area contributed by atoms with Crippen LogP contribution in [0, 0.1) is 0 Å². The molecule has 1 heterocycles. The number of hydrogen-bond acceptors (Lipinski definition) is 3. The second kappa shape index (κ2) is 11.0. The van der Waals surface area contributed by atoms with Gasteiger partial charge in [-0.25, -0.2) is 0 Å². The monoisotopic (exact) mass is 536 g/mol. The van der Waals surface area contributed by atoms with E-state index < -0.39 is 48.4 Å². The van der Waals surface area contributed by atoms with Gasteiger partial charge >= 0.3 is 18.7 Å². The Kier molecular flexibility index (Phi) is 8.41. The van der Waals surface area contributed by atoms with Gasteiger partial charge in [-0.15, -0.1) is 13.2 Å². The molecule has 1 unspecified atom stereocenters. The molecule has 0 amide bonds. The van der Waals surface area contributed by atoms with Gasteiger partial charge in [0.05, 0.1) is 11.1 Å². The summed E-state index contributed by atoms with van der Waals surface area (Å²) in [5.74, 6) is -0.639. The van der Waals surface area contributed by atoms with Crippen molar-refractivity contribution in [3.8, 4) is 5.75 Å². The van der Waals surface area contributed by atoms with Crippen molar-refractivity contribution in [2.45, 2.75) is 43.5 Å². The fourth-order valence-corrected chi connectivity index (χ4v) is 3.92. The summed E-state index contributed by atoms with van der Waals surface area (Å²) < 4.78 is 122. The van der Waals surface area contributed by atoms with Gasteiger partial charge in [-0.05, 0) is 60.5 Å². The van der Waals surface area contributed by atoms with Gasteiger partial charge in [0.15, 0.2) is 0 Å². The lowest BCUT2D eigenvalue weighted by Gasteiger charge is -2.37. The summed E-state index contributed by atoms with van der Waals surface area (Å²) in [6.45, 7) is -0.313. The van der Waals surface area contributed by atoms with E-state index in [1.165, 1.54) is 24.4 Å². The predicted molar refractivity (Wildman–Crippen MR) is 117 cm³/mol. The number of nitrogens with one attached hydrogen (secondary N) is 1. The number of benzene rings is 2. The lowest BCUT2D eigenvalue weighted by Crippen LogP contribution is -2.46. The first-order valence-corrected chi connectivity index (χ1v) is 10.9. The standard InChI is InChI=1S/C25H21F9N2O/c26-23(27,28)11-5-13-36-22(16-20-9-1-2-12-35-20,17-6-3-8-19(14-17)24(29,30)31)18-7-4-10-21(15-18)37-25(32,33)34/h1-4,6-10,12,14-15,36H,5,11,13,16H2. The minimum absolute atomic E-state index is 0.0239. The number of alkyl halides is 9. The van der Waals surface area contributed by atoms with Crippen LogP contribution >= 0.6 is 0 Å². The molecule has 0 aliphatic heterocycles. The van der Waals surface area contributed by atoms with Crippen LogP contribution < -0.4 is 10.1 Å². The average molecular weight is 536 g/mol. The lowest BCUT2D eigenvalue weighted by molar-refractivity contribution is -0.274. The van der Waals surface area contributed by atoms with Crippen molar-refractivity contribution < 1.29 is 44.3 Å². The second-order valence-electron chi connectivity index (χ2n) is 8.20. The molecule has 0 saturated heterocycles. The fraction of sp³-hybridized carbons (Fsp3) is 0.320. The number of rotatable bonds is 9. The third kappa shape index (κ3) is 8.11. The fourth-order valence-electron chi connectivity index (χ4n) is 3.92. The molecular formula is C25H21F9N2O. The normalized spacial score (nSPS) is 14.3. The topological polar surface area (TPSA) is 34.2 Å². The van der Waals surface area contributed by atoms with Gasteiger partial charge in [-0.1, -0.05) is 30.3 Å². The zero-order chi connectivity index (χ0) is 27.3. The Balaban J connectivity index is 2.19. The first-order chi connectivity index (χ1) is 17.2. The molecule has 3 nitrogen and oxygen atoms in total. The SMILES string of the molecule is FC(F)(F)CCCNC(Cc1ccccn1)(c1cccc(OC(F)(F)F)c1)c1cccc(C(F)(F)F)c1. The molecule has 1 N–H and O–H groups in total. The zero-order valence-electron chi connectivity index (χ0n) is 19.0. The molecule has 0 aliphatic rings. The Morgan fingerprint density at radius 1 is 0.730 bits per heavy atom. The molecule has 0 fully saturated rings. The Labute approximate surface area is 206 Å². The molecule has 3 aromatic rings. The second-order valence-corrected chi connectivity index (χ2v) is 8.20. The summed E-state index contributed by atoms with van der Waals surface area (Å²) in [7, 11) is 0. The van der Waals surface area contributed by atoms with Gasteiger partial charge in [0.1, 0.15) is 5.75 Å². The maximum atomic E-state index is 13.6. The van der Waals surface area contributed by atoms with Crippen LogP contribution in [0.2, 0.25) is 0 Å². The maximum absolute atomic E-state index is 13.6. The molecule has 12 heteroatoms. The van der Waals surface area contributed by atoms with E-state index in [0.717, 1.165) is 30.3 Å². The number of halogens is 9. The number of ether oxygens (including phenoxy) is 1. The Morgan fingerprint density at radius 2 is 1.38 bits per heavy atom. The van der Waals surface area contributed by atoms with Crippen LogP contribution in [0.15, 0.2) is 72.9 Å². The van der Waals surface area contributed by atoms with Crippen molar-refractivity contribution >= 4 is 0 Å². The molecule has 0 bridgehead atoms. The highest BCUT2D eigenvalue weighted by molar-refractivity contribution is 5.45. The van der Waals surface area contributed by atoms with Crippen LogP contribution in [0.25, 0.3) is 0 Å². The number of pyridine rings is 1. The minimum Gasteiger partial charge on any atom is -0.406 e. The smallest absolute Gasteiger partial charge is 0.406 e. The van der Waals surface area contributed by atoms with Crippen LogP contribution in [0.3, 0.4) is 0 Å². The third-order valence-electron chi connectivity index (χ3n) is 5.48. The molecule has 37 heavy (non-hydrogen) atoms. The van der Waals surface area contributed by atoms with Gasteiger partial charge in [-0.2, -0.15) is 26.3 Å². The van der Waals surface area contributed by atoms with Crippen molar-refractivity contribution in [1.29, 1.82) is 0 Å². The van der Waals surface area contributed by atoms with E-state index in [9.17, 15) is 39.5 Å². The number of aromatic nitrogens is 1. The van der Waals surface area contributed by atoms with Gasteiger partial charge in [0.2, 0.25) is 0 Å². The zero-order valence-corrected chi connectivity index (χ0v) is 19.0. The van der Waals surface area contributed by atoms with Crippen LogP contribution in [-0.4, -0.2) is 24.1 Å². The van der Waals surface area contributed by atoms with E-state index in [1.807, 2.05) is 0 Å². The van der Waals surface area contributed by atoms with E-state index >= 15 is 0 Å². The molecule has 0 aliphatic carbocycles. The minimum atomic E-state index is -5.04. The van der Waals surface area contributed by atoms with Crippen LogP contribution in [0.4, 0.5) is 39.5 Å². The molecular weight excluding hydrogens is 515 g/mol. The Morgan fingerprint density at radius 3 is 1.97 bits per heavy atom. The summed E-state index contributed by atoms with van der Waals surface area (Å²) in [6.07, 6.45) is -14.6.